The van der Waals surface area contributed by atoms with E-state index >= 15 is 0 Å². The summed E-state index contributed by atoms with van der Waals surface area (Å²) in [5.41, 5.74) is 7.06. The second-order valence-electron chi connectivity index (χ2n) is 7.68. The molecule has 2 heterocycles. The van der Waals surface area contributed by atoms with Gasteiger partial charge >= 0.3 is 0 Å². The Morgan fingerprint density at radius 1 is 1.16 bits per heavy atom. The van der Waals surface area contributed by atoms with Crippen molar-refractivity contribution >= 4 is 28.2 Å². The molecule has 4 rings (SSSR count). The van der Waals surface area contributed by atoms with Crippen molar-refractivity contribution in [2.45, 2.75) is 31.7 Å². The average molecular weight is 448 g/mol. The first-order chi connectivity index (χ1) is 15.5. The number of thiazole rings is 1. The van der Waals surface area contributed by atoms with E-state index in [4.69, 9.17) is 15.5 Å². The van der Waals surface area contributed by atoms with Gasteiger partial charge in [-0.3, -0.25) is 9.59 Å². The molecule has 1 saturated heterocycles. The number of carbonyl (C=O) groups is 2. The lowest BCUT2D eigenvalue weighted by Gasteiger charge is -2.23. The first kappa shape index (κ1) is 21.8. The minimum atomic E-state index is -0.494. The highest BCUT2D eigenvalue weighted by molar-refractivity contribution is 7.18. The number of rotatable bonds is 9. The third-order valence-corrected chi connectivity index (χ3v) is 6.63. The number of allylic oxidation sites excluding steroid dienone is 1. The van der Waals surface area contributed by atoms with E-state index in [0.29, 0.717) is 22.7 Å². The Hall–Kier alpha value is -3.45. The number of primary amides is 1. The van der Waals surface area contributed by atoms with Gasteiger partial charge in [-0.2, -0.15) is 0 Å². The molecule has 2 aromatic carbocycles. The third kappa shape index (κ3) is 4.89. The van der Waals surface area contributed by atoms with Crippen LogP contribution in [0, 0.1) is 0 Å². The fraction of sp³-hybridized carbons (Fsp3) is 0.240. The van der Waals surface area contributed by atoms with Crippen LogP contribution in [0.15, 0.2) is 67.3 Å². The third-order valence-electron chi connectivity index (χ3n) is 5.52. The fourth-order valence-corrected chi connectivity index (χ4v) is 4.94. The summed E-state index contributed by atoms with van der Waals surface area (Å²) in [5.74, 6) is 1.00. The van der Waals surface area contributed by atoms with E-state index in [1.165, 1.54) is 17.4 Å². The Balaban J connectivity index is 1.56. The number of carbonyl (C=O) groups excluding carboxylic acids is 2. The summed E-state index contributed by atoms with van der Waals surface area (Å²) in [6.07, 6.45) is 4.61. The fourth-order valence-electron chi connectivity index (χ4n) is 3.90. The molecule has 6 nitrogen and oxygen atoms in total. The van der Waals surface area contributed by atoms with Crippen LogP contribution in [0.2, 0.25) is 0 Å². The molecule has 32 heavy (non-hydrogen) atoms. The first-order valence-corrected chi connectivity index (χ1v) is 11.4. The van der Waals surface area contributed by atoms with E-state index in [2.05, 4.69) is 11.5 Å². The lowest BCUT2D eigenvalue weighted by molar-refractivity contribution is -0.114. The number of hydrogen-bond acceptors (Lipinski definition) is 6. The molecule has 7 heteroatoms. The molecule has 2 N–H and O–H groups in total. The number of ketones is 1. The van der Waals surface area contributed by atoms with Crippen molar-refractivity contribution in [3.63, 3.8) is 0 Å². The summed E-state index contributed by atoms with van der Waals surface area (Å²) in [5, 5.41) is 0.770. The maximum atomic E-state index is 12.2. The van der Waals surface area contributed by atoms with Crippen molar-refractivity contribution in [1.82, 2.24) is 4.98 Å². The maximum absolute atomic E-state index is 12.2. The molecule has 0 aliphatic carbocycles. The van der Waals surface area contributed by atoms with E-state index < -0.39 is 5.91 Å². The van der Waals surface area contributed by atoms with Gasteiger partial charge in [-0.15, -0.1) is 0 Å². The van der Waals surface area contributed by atoms with Crippen LogP contribution in [0.4, 0.5) is 5.13 Å². The van der Waals surface area contributed by atoms with Crippen LogP contribution in [0.1, 0.15) is 35.4 Å². The van der Waals surface area contributed by atoms with E-state index in [-0.39, 0.29) is 11.8 Å². The molecule has 0 radical (unpaired) electrons. The molecule has 0 spiro atoms. The van der Waals surface area contributed by atoms with Crippen molar-refractivity contribution < 1.29 is 14.3 Å². The van der Waals surface area contributed by atoms with Crippen molar-refractivity contribution in [3.05, 3.63) is 72.1 Å². The lowest BCUT2D eigenvalue weighted by atomic mass is 10.1. The highest BCUT2D eigenvalue weighted by Gasteiger charge is 2.29. The van der Waals surface area contributed by atoms with Gasteiger partial charge in [0.15, 0.2) is 10.9 Å². The minimum absolute atomic E-state index is 0.0484. The second kappa shape index (κ2) is 9.78. The molecule has 164 valence electrons. The van der Waals surface area contributed by atoms with E-state index in [1.54, 1.807) is 0 Å². The van der Waals surface area contributed by atoms with Crippen LogP contribution >= 0.6 is 11.3 Å². The summed E-state index contributed by atoms with van der Waals surface area (Å²) in [7, 11) is 0. The largest absolute Gasteiger partial charge is 0.457 e. The van der Waals surface area contributed by atoms with Gasteiger partial charge in [0, 0.05) is 24.6 Å². The number of anilines is 1. The second-order valence-corrected chi connectivity index (χ2v) is 8.65. The van der Waals surface area contributed by atoms with Crippen LogP contribution in [0.3, 0.4) is 0 Å². The van der Waals surface area contributed by atoms with Crippen molar-refractivity contribution in [3.8, 4) is 22.8 Å². The number of aromatic nitrogens is 1. The van der Waals surface area contributed by atoms with Crippen LogP contribution in [-0.4, -0.2) is 29.3 Å². The highest BCUT2D eigenvalue weighted by Crippen LogP contribution is 2.37. The standard InChI is InChI=1S/C25H25N3O3S/c1-2-19(29)13-12-18-7-6-16-28(18)25-27-22(23(32-25)24(26)30)17-10-14-21(15-11-17)31-20-8-4-3-5-9-20/h2-5,8-11,14-15,18H,1,6-7,12-13,16H2,(H2,26,30)/t18-/m0/s1. The molecule has 0 bridgehead atoms. The number of para-hydroxylation sites is 1. The Kier molecular flexibility index (Phi) is 6.66. The summed E-state index contributed by atoms with van der Waals surface area (Å²) in [4.78, 5) is 31.3. The Morgan fingerprint density at radius 3 is 2.56 bits per heavy atom. The zero-order valence-electron chi connectivity index (χ0n) is 17.7. The molecule has 1 aliphatic rings. The number of nitrogens with zero attached hydrogens (tertiary/aromatic N) is 2. The molecule has 0 unspecified atom stereocenters. The maximum Gasteiger partial charge on any atom is 0.261 e. The van der Waals surface area contributed by atoms with E-state index in [0.717, 1.165) is 42.3 Å². The summed E-state index contributed by atoms with van der Waals surface area (Å²) < 4.78 is 5.85. The SMILES string of the molecule is C=CC(=O)CC[C@@H]1CCCN1c1nc(-c2ccc(Oc3ccccc3)cc2)c(C(N)=O)s1. The molecule has 1 amide bonds. The molecule has 1 aliphatic heterocycles. The van der Waals surface area contributed by atoms with Gasteiger partial charge in [0.1, 0.15) is 16.4 Å². The minimum Gasteiger partial charge on any atom is -0.457 e. The Morgan fingerprint density at radius 2 is 1.88 bits per heavy atom. The Labute approximate surface area is 191 Å². The van der Waals surface area contributed by atoms with Crippen molar-refractivity contribution in [1.29, 1.82) is 0 Å². The Bertz CT molecular complexity index is 1110. The van der Waals surface area contributed by atoms with Gasteiger partial charge in [-0.05, 0) is 61.7 Å². The van der Waals surface area contributed by atoms with Gasteiger partial charge in [0.2, 0.25) is 0 Å². The molecule has 3 aromatic rings. The first-order valence-electron chi connectivity index (χ1n) is 10.6. The normalized spacial score (nSPS) is 15.5. The molecule has 1 fully saturated rings. The molecular formula is C25H25N3O3S. The van der Waals surface area contributed by atoms with Crippen LogP contribution in [0.5, 0.6) is 11.5 Å². The predicted octanol–water partition coefficient (Wildman–Crippen LogP) is 5.21. The molecule has 1 atom stereocenters. The van der Waals surface area contributed by atoms with Crippen LogP contribution in [0.25, 0.3) is 11.3 Å². The van der Waals surface area contributed by atoms with Crippen molar-refractivity contribution in [2.24, 2.45) is 5.73 Å². The zero-order chi connectivity index (χ0) is 22.5. The molecular weight excluding hydrogens is 422 g/mol. The van der Waals surface area contributed by atoms with E-state index in [1.807, 2.05) is 54.6 Å². The van der Waals surface area contributed by atoms with E-state index in [9.17, 15) is 9.59 Å². The van der Waals surface area contributed by atoms with Gasteiger partial charge in [-0.1, -0.05) is 36.1 Å². The van der Waals surface area contributed by atoms with Crippen LogP contribution < -0.4 is 15.4 Å². The lowest BCUT2D eigenvalue weighted by Crippen LogP contribution is -2.29. The smallest absolute Gasteiger partial charge is 0.261 e. The number of amides is 1. The van der Waals surface area contributed by atoms with Gasteiger partial charge in [-0.25, -0.2) is 4.98 Å². The summed E-state index contributed by atoms with van der Waals surface area (Å²) in [6, 6.07) is 17.2. The molecule has 0 saturated carbocycles. The summed E-state index contributed by atoms with van der Waals surface area (Å²) in [6.45, 7) is 4.40. The number of benzene rings is 2. The number of ether oxygens (including phenoxy) is 1. The number of hydrogen-bond donors (Lipinski definition) is 1. The van der Waals surface area contributed by atoms with Crippen LogP contribution in [-0.2, 0) is 4.79 Å². The predicted molar refractivity (Wildman–Crippen MR) is 127 cm³/mol. The number of nitrogens with two attached hydrogens (primary N) is 1. The highest BCUT2D eigenvalue weighted by atomic mass is 32.1. The summed E-state index contributed by atoms with van der Waals surface area (Å²) >= 11 is 1.31. The topological polar surface area (TPSA) is 85.5 Å². The zero-order valence-corrected chi connectivity index (χ0v) is 18.5. The van der Waals surface area contributed by atoms with Gasteiger partial charge in [0.25, 0.3) is 5.91 Å². The van der Waals surface area contributed by atoms with Gasteiger partial charge < -0.3 is 15.4 Å². The monoisotopic (exact) mass is 447 g/mol. The average Bonchev–Trinajstić information content (AvgIpc) is 3.46. The quantitative estimate of drug-likeness (QED) is 0.455. The van der Waals surface area contributed by atoms with Gasteiger partial charge in [0.05, 0.1) is 5.69 Å². The van der Waals surface area contributed by atoms with Crippen molar-refractivity contribution in [2.75, 3.05) is 11.4 Å². The molecule has 1 aromatic heterocycles.